The third-order valence-corrected chi connectivity index (χ3v) is 4.09. The molecule has 0 aliphatic carbocycles. The molecule has 8 nitrogen and oxygen atoms in total. The Morgan fingerprint density at radius 1 is 1.36 bits per heavy atom. The topological polar surface area (TPSA) is 134 Å². The number of hydrogen-bond acceptors (Lipinski definition) is 5. The number of nitrogens with one attached hydrogen (secondary N) is 3. The van der Waals surface area contributed by atoms with Crippen molar-refractivity contribution in [2.24, 2.45) is 5.73 Å². The zero-order valence-corrected chi connectivity index (χ0v) is 13.9. The van der Waals surface area contributed by atoms with Crippen LogP contribution in [0.15, 0.2) is 30.3 Å². The van der Waals surface area contributed by atoms with Gasteiger partial charge in [-0.2, -0.15) is 0 Å². The van der Waals surface area contributed by atoms with Gasteiger partial charge in [-0.15, -0.1) is 0 Å². The van der Waals surface area contributed by atoms with Crippen LogP contribution in [0.5, 0.6) is 0 Å². The molecule has 136 valence electrons. The summed E-state index contributed by atoms with van der Waals surface area (Å²) in [6, 6.07) is 7.22. The molecule has 0 saturated carbocycles. The van der Waals surface area contributed by atoms with Gasteiger partial charge < -0.3 is 26.8 Å². The summed E-state index contributed by atoms with van der Waals surface area (Å²) in [4.78, 5) is 35.2. The molecule has 0 unspecified atom stereocenters. The number of carbonyl (C=O) groups excluding carboxylic acids is 2. The molecule has 6 N–H and O–H groups in total. The summed E-state index contributed by atoms with van der Waals surface area (Å²) in [6.07, 6.45) is 1.01. The molecule has 1 saturated heterocycles. The molecule has 1 aliphatic rings. The minimum Gasteiger partial charge on any atom is -0.480 e. The first-order chi connectivity index (χ1) is 12.4. The lowest BCUT2D eigenvalue weighted by Gasteiger charge is -2.18. The number of aliphatic carboxylic acids is 1. The Labute approximate surface area is 147 Å². The van der Waals surface area contributed by atoms with Crippen molar-refractivity contribution in [2.75, 3.05) is 13.1 Å². The van der Waals surface area contributed by atoms with Crippen molar-refractivity contribution < 1.29 is 20.9 Å². The second-order valence-corrected chi connectivity index (χ2v) is 6.01. The van der Waals surface area contributed by atoms with E-state index < -0.39 is 24.0 Å². The lowest BCUT2D eigenvalue weighted by molar-refractivity contribution is -0.142. The average Bonchev–Trinajstić information content (AvgIpc) is 2.99. The maximum atomic E-state index is 12.4. The highest BCUT2D eigenvalue weighted by molar-refractivity contribution is 5.87. The van der Waals surface area contributed by atoms with Gasteiger partial charge >= 0.3 is 5.97 Å². The SMILES string of the molecule is [2H]N1C[C@H](NC(=O)CN)C[C@H]1C(=O)N[C@@H](CCc1ccccc1)C(=O)O. The fourth-order valence-electron chi connectivity index (χ4n) is 2.74. The number of carbonyl (C=O) groups is 3. The fraction of sp³-hybridized carbons (Fsp3) is 0.471. The van der Waals surface area contributed by atoms with E-state index in [9.17, 15) is 19.5 Å². The number of nitrogens with two attached hydrogens (primary N) is 1. The van der Waals surface area contributed by atoms with Crippen molar-refractivity contribution in [3.05, 3.63) is 35.9 Å². The van der Waals surface area contributed by atoms with Gasteiger partial charge in [-0.05, 0) is 24.8 Å². The van der Waals surface area contributed by atoms with E-state index in [-0.39, 0.29) is 37.9 Å². The molecule has 0 spiro atoms. The molecule has 1 heterocycles. The lowest BCUT2D eigenvalue weighted by atomic mass is 10.0. The predicted molar refractivity (Wildman–Crippen MR) is 91.7 cm³/mol. The van der Waals surface area contributed by atoms with Gasteiger partial charge in [-0.1, -0.05) is 30.3 Å². The van der Waals surface area contributed by atoms with Crippen LogP contribution < -0.4 is 21.7 Å². The highest BCUT2D eigenvalue weighted by Gasteiger charge is 2.32. The van der Waals surface area contributed by atoms with Gasteiger partial charge in [0, 0.05) is 12.6 Å². The molecule has 2 rings (SSSR count). The van der Waals surface area contributed by atoms with Crippen LogP contribution >= 0.6 is 0 Å². The number of aryl methyl sites for hydroxylation is 1. The van der Waals surface area contributed by atoms with Gasteiger partial charge in [0.1, 0.15) is 7.45 Å². The molecule has 2 amide bonds. The Bertz CT molecular complexity index is 643. The van der Waals surface area contributed by atoms with Gasteiger partial charge in [0.15, 0.2) is 0 Å². The number of carboxylic acid groups (broad SMARTS) is 1. The van der Waals surface area contributed by atoms with Crippen LogP contribution in [0.25, 0.3) is 0 Å². The van der Waals surface area contributed by atoms with Crippen LogP contribution in [0, 0.1) is 0 Å². The molecule has 1 aromatic rings. The highest BCUT2D eigenvalue weighted by atomic mass is 16.4. The summed E-state index contributed by atoms with van der Waals surface area (Å²) < 4.78 is 7.88. The molecule has 0 bridgehead atoms. The standard InChI is InChI=1S/C17H24N4O4/c18-9-15(22)20-12-8-14(19-10-12)16(23)21-13(17(24)25)7-6-11-4-2-1-3-5-11/h1-5,12-14,19H,6-10,18H2,(H,20,22)(H,21,23)(H,24,25)/t12-,13+,14+/m1/s1/i/hD. The minimum absolute atomic E-state index is 0.161. The molecule has 8 heteroatoms. The number of benzene rings is 1. The highest BCUT2D eigenvalue weighted by Crippen LogP contribution is 2.09. The predicted octanol–water partition coefficient (Wildman–Crippen LogP) is -1.01. The normalized spacial score (nSPS) is 22.0. The molecule has 3 atom stereocenters. The first-order valence-electron chi connectivity index (χ1n) is 8.67. The summed E-state index contributed by atoms with van der Waals surface area (Å²) in [5, 5.41) is 15.6. The van der Waals surface area contributed by atoms with Crippen molar-refractivity contribution in [3.8, 4) is 0 Å². The largest absolute Gasteiger partial charge is 0.480 e. The molecule has 0 aromatic heterocycles. The Balaban J connectivity index is 1.90. The van der Waals surface area contributed by atoms with Crippen molar-refractivity contribution in [3.63, 3.8) is 0 Å². The fourth-order valence-corrected chi connectivity index (χ4v) is 2.74. The second-order valence-electron chi connectivity index (χ2n) is 6.01. The van der Waals surface area contributed by atoms with E-state index in [2.05, 4.69) is 10.6 Å². The third kappa shape index (κ3) is 5.84. The number of carboxylic acids is 1. The van der Waals surface area contributed by atoms with E-state index in [0.717, 1.165) is 10.9 Å². The molecule has 1 fully saturated rings. The minimum atomic E-state index is -1.11. The Morgan fingerprint density at radius 3 is 2.72 bits per heavy atom. The van der Waals surface area contributed by atoms with Crippen molar-refractivity contribution >= 4 is 17.8 Å². The maximum Gasteiger partial charge on any atom is 0.326 e. The number of hydrogen-bond donors (Lipinski definition) is 5. The van der Waals surface area contributed by atoms with Crippen LogP contribution in [0.4, 0.5) is 0 Å². The number of rotatable bonds is 8. The van der Waals surface area contributed by atoms with E-state index in [1.807, 2.05) is 30.3 Å². The Hall–Kier alpha value is -2.45. The summed E-state index contributed by atoms with van der Waals surface area (Å²) >= 11 is 0. The summed E-state index contributed by atoms with van der Waals surface area (Å²) in [5.41, 5.74) is 6.23. The van der Waals surface area contributed by atoms with E-state index in [4.69, 9.17) is 7.15 Å². The summed E-state index contributed by atoms with van der Waals surface area (Å²) in [7, 11) is 0. The number of amides is 2. The molecule has 1 aliphatic heterocycles. The molecule has 1 aromatic carbocycles. The van der Waals surface area contributed by atoms with Crippen molar-refractivity contribution in [2.45, 2.75) is 37.4 Å². The van der Waals surface area contributed by atoms with E-state index in [1.54, 1.807) is 0 Å². The zero-order valence-electron chi connectivity index (χ0n) is 14.9. The second kappa shape index (κ2) is 9.14. The molecular formula is C17H24N4O4. The van der Waals surface area contributed by atoms with Crippen molar-refractivity contribution in [1.29, 1.82) is 0 Å². The Kier molecular flexibility index (Phi) is 6.35. The first kappa shape index (κ1) is 17.4. The smallest absolute Gasteiger partial charge is 0.326 e. The monoisotopic (exact) mass is 349 g/mol. The zero-order chi connectivity index (χ0) is 19.1. The molecule has 0 radical (unpaired) electrons. The van der Waals surface area contributed by atoms with Gasteiger partial charge in [0.25, 0.3) is 0 Å². The van der Waals surface area contributed by atoms with Gasteiger partial charge in [0.05, 0.1) is 12.6 Å². The van der Waals surface area contributed by atoms with Crippen LogP contribution in [-0.2, 0) is 20.8 Å². The molecular weight excluding hydrogens is 324 g/mol. The average molecular weight is 349 g/mol. The Morgan fingerprint density at radius 2 is 2.08 bits per heavy atom. The summed E-state index contributed by atoms with van der Waals surface area (Å²) in [6.45, 7) is 0.0253. The lowest BCUT2D eigenvalue weighted by Crippen LogP contribution is -2.48. The van der Waals surface area contributed by atoms with E-state index in [1.165, 1.54) is 0 Å². The van der Waals surface area contributed by atoms with Crippen molar-refractivity contribution in [1.82, 2.24) is 15.9 Å². The van der Waals surface area contributed by atoms with E-state index >= 15 is 0 Å². The maximum absolute atomic E-state index is 12.4. The first-order valence-corrected chi connectivity index (χ1v) is 8.22. The summed E-state index contributed by atoms with van der Waals surface area (Å²) in [5.74, 6) is -1.99. The van der Waals surface area contributed by atoms with Gasteiger partial charge in [-0.3, -0.25) is 9.59 Å². The van der Waals surface area contributed by atoms with Gasteiger partial charge in [-0.25, -0.2) is 4.79 Å². The third-order valence-electron chi connectivity index (χ3n) is 4.09. The molecule has 25 heavy (non-hydrogen) atoms. The quantitative estimate of drug-likeness (QED) is 0.408. The van der Waals surface area contributed by atoms with Crippen LogP contribution in [-0.4, -0.2) is 54.1 Å². The van der Waals surface area contributed by atoms with Crippen LogP contribution in [0.3, 0.4) is 0 Å². The van der Waals surface area contributed by atoms with Crippen LogP contribution in [0.1, 0.15) is 18.4 Å². The van der Waals surface area contributed by atoms with Crippen LogP contribution in [0.2, 0.25) is 1.41 Å². The van der Waals surface area contributed by atoms with Gasteiger partial charge in [0.2, 0.25) is 11.8 Å². The van der Waals surface area contributed by atoms with E-state index in [0.29, 0.717) is 6.42 Å².